The second-order valence-corrected chi connectivity index (χ2v) is 9.66. The van der Waals surface area contributed by atoms with Crippen LogP contribution < -0.4 is 0 Å². The van der Waals surface area contributed by atoms with Gasteiger partial charge in [0.25, 0.3) is 0 Å². The molecule has 0 N–H and O–H groups in total. The van der Waals surface area contributed by atoms with E-state index in [1.54, 1.807) is 15.6 Å². The molecule has 2 heterocycles. The van der Waals surface area contributed by atoms with Crippen LogP contribution >= 0.6 is 11.3 Å². The van der Waals surface area contributed by atoms with Crippen molar-refractivity contribution in [2.24, 2.45) is 0 Å². The quantitative estimate of drug-likeness (QED) is 0.691. The Kier molecular flexibility index (Phi) is 6.80. The number of benzene rings is 1. The molecule has 0 bridgehead atoms. The topological polar surface area (TPSA) is 53.5 Å². The molecule has 7 heteroatoms. The third-order valence-electron chi connectivity index (χ3n) is 4.65. The number of thiazole rings is 1. The molecular formula is C19H27N3O2S2. The average Bonchev–Trinajstić information content (AvgIpc) is 3.08. The Bertz CT molecular complexity index is 782. The van der Waals surface area contributed by atoms with E-state index in [4.69, 9.17) is 4.98 Å². The van der Waals surface area contributed by atoms with Crippen molar-refractivity contribution in [1.82, 2.24) is 14.2 Å². The van der Waals surface area contributed by atoms with Crippen LogP contribution in [0.3, 0.4) is 0 Å². The molecule has 1 aliphatic heterocycles. The van der Waals surface area contributed by atoms with Gasteiger partial charge in [0, 0.05) is 38.1 Å². The lowest BCUT2D eigenvalue weighted by Gasteiger charge is -2.33. The van der Waals surface area contributed by atoms with Gasteiger partial charge in [-0.25, -0.2) is 13.4 Å². The molecule has 0 radical (unpaired) electrons. The summed E-state index contributed by atoms with van der Waals surface area (Å²) in [5.41, 5.74) is 1.96. The van der Waals surface area contributed by atoms with Gasteiger partial charge in [0.05, 0.1) is 16.5 Å². The van der Waals surface area contributed by atoms with Gasteiger partial charge in [-0.15, -0.1) is 11.3 Å². The van der Waals surface area contributed by atoms with E-state index < -0.39 is 10.0 Å². The third kappa shape index (κ3) is 5.36. The van der Waals surface area contributed by atoms with Crippen LogP contribution in [-0.4, -0.2) is 48.8 Å². The van der Waals surface area contributed by atoms with E-state index in [1.165, 1.54) is 17.8 Å². The Labute approximate surface area is 160 Å². The van der Waals surface area contributed by atoms with Crippen molar-refractivity contribution >= 4 is 21.4 Å². The first-order valence-corrected chi connectivity index (χ1v) is 11.7. The number of hydrogen-bond acceptors (Lipinski definition) is 5. The van der Waals surface area contributed by atoms with E-state index in [2.05, 4.69) is 17.2 Å². The summed E-state index contributed by atoms with van der Waals surface area (Å²) >= 11 is 1.74. The van der Waals surface area contributed by atoms with Gasteiger partial charge < -0.3 is 0 Å². The van der Waals surface area contributed by atoms with Gasteiger partial charge in [0.1, 0.15) is 0 Å². The van der Waals surface area contributed by atoms with E-state index >= 15 is 0 Å². The Balaban J connectivity index is 1.50. The van der Waals surface area contributed by atoms with Crippen LogP contribution in [0.5, 0.6) is 0 Å². The molecule has 0 aliphatic carbocycles. The highest BCUT2D eigenvalue weighted by Gasteiger charge is 2.27. The summed E-state index contributed by atoms with van der Waals surface area (Å²) in [4.78, 5) is 7.01. The lowest BCUT2D eigenvalue weighted by atomic mass is 10.2. The third-order valence-corrected chi connectivity index (χ3v) is 7.45. The van der Waals surface area contributed by atoms with Crippen LogP contribution in [0.2, 0.25) is 0 Å². The van der Waals surface area contributed by atoms with Crippen molar-refractivity contribution in [1.29, 1.82) is 0 Å². The second kappa shape index (κ2) is 9.08. The standard InChI is InChI=1S/C19H27N3O2S2/c1-2-3-9-19-20-18(15-25-19)14-21-10-12-22(13-11-21)26(23,24)16-17-7-5-4-6-8-17/h4-8,15H,2-3,9-14,16H2,1H3. The highest BCUT2D eigenvalue weighted by Crippen LogP contribution is 2.17. The summed E-state index contributed by atoms with van der Waals surface area (Å²) in [5, 5.41) is 3.36. The fraction of sp³-hybridized carbons (Fsp3) is 0.526. The zero-order valence-corrected chi connectivity index (χ0v) is 16.9. The highest BCUT2D eigenvalue weighted by atomic mass is 32.2. The van der Waals surface area contributed by atoms with Crippen LogP contribution in [0.1, 0.15) is 36.0 Å². The van der Waals surface area contributed by atoms with Crippen molar-refractivity contribution in [3.63, 3.8) is 0 Å². The van der Waals surface area contributed by atoms with Crippen LogP contribution in [-0.2, 0) is 28.7 Å². The molecule has 0 saturated carbocycles. The fourth-order valence-electron chi connectivity index (χ4n) is 3.14. The Hall–Kier alpha value is -1.28. The predicted molar refractivity (Wildman–Crippen MR) is 107 cm³/mol. The number of unbranched alkanes of at least 4 members (excludes halogenated alkanes) is 1. The monoisotopic (exact) mass is 393 g/mol. The maximum Gasteiger partial charge on any atom is 0.218 e. The SMILES string of the molecule is CCCCc1nc(CN2CCN(S(=O)(=O)Cc3ccccc3)CC2)cs1. The second-order valence-electron chi connectivity index (χ2n) is 6.75. The Morgan fingerprint density at radius 2 is 1.85 bits per heavy atom. The zero-order chi connectivity index (χ0) is 18.4. The molecule has 3 rings (SSSR count). The normalized spacial score (nSPS) is 16.8. The largest absolute Gasteiger partial charge is 0.295 e. The summed E-state index contributed by atoms with van der Waals surface area (Å²) in [7, 11) is -3.25. The first kappa shape index (κ1) is 19.5. The van der Waals surface area contributed by atoms with Gasteiger partial charge in [-0.3, -0.25) is 4.90 Å². The zero-order valence-electron chi connectivity index (χ0n) is 15.3. The van der Waals surface area contributed by atoms with Crippen molar-refractivity contribution in [2.75, 3.05) is 26.2 Å². The van der Waals surface area contributed by atoms with Crippen molar-refractivity contribution < 1.29 is 8.42 Å². The van der Waals surface area contributed by atoms with Gasteiger partial charge in [-0.2, -0.15) is 4.31 Å². The molecule has 0 amide bonds. The number of sulfonamides is 1. The van der Waals surface area contributed by atoms with Gasteiger partial charge in [-0.1, -0.05) is 43.7 Å². The number of piperazine rings is 1. The molecule has 1 aromatic heterocycles. The molecular weight excluding hydrogens is 366 g/mol. The predicted octanol–water partition coefficient (Wildman–Crippen LogP) is 3.13. The van der Waals surface area contributed by atoms with Gasteiger partial charge in [0.2, 0.25) is 10.0 Å². The van der Waals surface area contributed by atoms with Crippen LogP contribution in [0.15, 0.2) is 35.7 Å². The first-order chi connectivity index (χ1) is 12.6. The van der Waals surface area contributed by atoms with Gasteiger partial charge in [-0.05, 0) is 18.4 Å². The van der Waals surface area contributed by atoms with Crippen LogP contribution in [0.4, 0.5) is 0 Å². The summed E-state index contributed by atoms with van der Waals surface area (Å²) in [5.74, 6) is 0.0840. The number of nitrogens with zero attached hydrogens (tertiary/aromatic N) is 3. The lowest BCUT2D eigenvalue weighted by molar-refractivity contribution is 0.180. The van der Waals surface area contributed by atoms with E-state index in [0.717, 1.165) is 37.3 Å². The summed E-state index contributed by atoms with van der Waals surface area (Å²) in [6.45, 7) is 5.64. The maximum absolute atomic E-state index is 12.6. The van der Waals surface area contributed by atoms with Crippen molar-refractivity contribution in [3.8, 4) is 0 Å². The Morgan fingerprint density at radius 3 is 2.54 bits per heavy atom. The molecule has 1 aromatic carbocycles. The molecule has 1 saturated heterocycles. The first-order valence-electron chi connectivity index (χ1n) is 9.24. The molecule has 142 valence electrons. The number of aryl methyl sites for hydroxylation is 1. The van der Waals surface area contributed by atoms with E-state index in [-0.39, 0.29) is 5.75 Å². The minimum Gasteiger partial charge on any atom is -0.295 e. The molecule has 0 spiro atoms. The Morgan fingerprint density at radius 1 is 1.12 bits per heavy atom. The van der Waals surface area contributed by atoms with E-state index in [1.807, 2.05) is 30.3 Å². The lowest BCUT2D eigenvalue weighted by Crippen LogP contribution is -2.48. The molecule has 5 nitrogen and oxygen atoms in total. The highest BCUT2D eigenvalue weighted by molar-refractivity contribution is 7.88. The van der Waals surface area contributed by atoms with Crippen LogP contribution in [0.25, 0.3) is 0 Å². The molecule has 2 aromatic rings. The van der Waals surface area contributed by atoms with E-state index in [0.29, 0.717) is 13.1 Å². The smallest absolute Gasteiger partial charge is 0.218 e. The van der Waals surface area contributed by atoms with Crippen molar-refractivity contribution in [3.05, 3.63) is 52.0 Å². The average molecular weight is 394 g/mol. The maximum atomic E-state index is 12.6. The van der Waals surface area contributed by atoms with Gasteiger partial charge >= 0.3 is 0 Å². The minimum absolute atomic E-state index is 0.0840. The number of aromatic nitrogens is 1. The summed E-state index contributed by atoms with van der Waals surface area (Å²) < 4.78 is 26.9. The van der Waals surface area contributed by atoms with Crippen molar-refractivity contribution in [2.45, 2.75) is 38.5 Å². The number of hydrogen-bond donors (Lipinski definition) is 0. The summed E-state index contributed by atoms with van der Waals surface area (Å²) in [6.07, 6.45) is 3.44. The molecule has 0 atom stereocenters. The minimum atomic E-state index is -3.25. The van der Waals surface area contributed by atoms with Gasteiger partial charge in [0.15, 0.2) is 0 Å². The van der Waals surface area contributed by atoms with Crippen LogP contribution in [0, 0.1) is 0 Å². The van der Waals surface area contributed by atoms with E-state index in [9.17, 15) is 8.42 Å². The molecule has 26 heavy (non-hydrogen) atoms. The molecule has 0 unspecified atom stereocenters. The molecule has 1 aliphatic rings. The fourth-order valence-corrected chi connectivity index (χ4v) is 5.48. The number of rotatable bonds is 8. The molecule has 1 fully saturated rings. The summed E-state index contributed by atoms with van der Waals surface area (Å²) in [6, 6.07) is 9.40.